The molecule has 2 aliphatic rings. The van der Waals surface area contributed by atoms with Crippen molar-refractivity contribution in [1.82, 2.24) is 9.80 Å². The van der Waals surface area contributed by atoms with Crippen molar-refractivity contribution in [2.24, 2.45) is 0 Å². The Morgan fingerprint density at radius 3 is 2.05 bits per heavy atom. The van der Waals surface area contributed by atoms with Crippen LogP contribution in [0.15, 0.2) is 66.7 Å². The van der Waals surface area contributed by atoms with Crippen LogP contribution in [0.1, 0.15) is 16.7 Å². The van der Waals surface area contributed by atoms with Gasteiger partial charge in [0.05, 0.1) is 20.6 Å². The van der Waals surface area contributed by atoms with E-state index in [0.717, 1.165) is 30.0 Å². The van der Waals surface area contributed by atoms with E-state index in [0.29, 0.717) is 44.1 Å². The van der Waals surface area contributed by atoms with E-state index in [9.17, 15) is 9.59 Å². The second-order valence-electron chi connectivity index (χ2n) is 9.34. The highest BCUT2D eigenvalue weighted by atomic mass is 16.5. The number of ether oxygens (including phenoxy) is 2. The number of methoxy groups -OCH3 is 2. The molecule has 3 aromatic rings. The van der Waals surface area contributed by atoms with Crippen molar-refractivity contribution >= 4 is 23.3 Å². The highest BCUT2D eigenvalue weighted by Gasteiger charge is 2.24. The number of hydrogen-bond donors (Lipinski definition) is 1. The molecule has 0 spiro atoms. The lowest BCUT2D eigenvalue weighted by Crippen LogP contribution is -2.49. The number of carbonyl (C=O) groups excluding carboxylic acids is 2. The van der Waals surface area contributed by atoms with E-state index < -0.39 is 0 Å². The van der Waals surface area contributed by atoms with Gasteiger partial charge in [-0.2, -0.15) is 0 Å². The zero-order chi connectivity index (χ0) is 25.8. The molecule has 1 N–H and O–H groups in total. The summed E-state index contributed by atoms with van der Waals surface area (Å²) in [4.78, 5) is 31.6. The summed E-state index contributed by atoms with van der Waals surface area (Å²) in [5, 5.41) is 3.01. The first-order valence-corrected chi connectivity index (χ1v) is 12.5. The minimum atomic E-state index is -0.0921. The van der Waals surface area contributed by atoms with E-state index in [1.54, 1.807) is 14.2 Å². The van der Waals surface area contributed by atoms with Crippen LogP contribution in [0.25, 0.3) is 0 Å². The first-order chi connectivity index (χ1) is 18.0. The van der Waals surface area contributed by atoms with E-state index in [2.05, 4.69) is 22.3 Å². The van der Waals surface area contributed by atoms with E-state index in [1.807, 2.05) is 64.4 Å². The topological polar surface area (TPSA) is 74.4 Å². The Morgan fingerprint density at radius 1 is 0.784 bits per heavy atom. The summed E-state index contributed by atoms with van der Waals surface area (Å²) in [7, 11) is 3.19. The summed E-state index contributed by atoms with van der Waals surface area (Å²) < 4.78 is 10.6. The molecule has 1 saturated heterocycles. The lowest BCUT2D eigenvalue weighted by atomic mass is 10.1. The first kappa shape index (κ1) is 24.5. The first-order valence-electron chi connectivity index (χ1n) is 12.5. The number of carbonyl (C=O) groups is 2. The Hall–Kier alpha value is -4.20. The zero-order valence-electron chi connectivity index (χ0n) is 21.3. The molecule has 37 heavy (non-hydrogen) atoms. The predicted molar refractivity (Wildman–Crippen MR) is 143 cm³/mol. The fourth-order valence-corrected chi connectivity index (χ4v) is 4.93. The molecule has 3 amide bonds. The molecule has 2 aliphatic heterocycles. The molecule has 0 saturated carbocycles. The van der Waals surface area contributed by atoms with Gasteiger partial charge in [-0.25, -0.2) is 4.79 Å². The molecule has 2 heterocycles. The van der Waals surface area contributed by atoms with Gasteiger partial charge in [-0.3, -0.25) is 4.79 Å². The van der Waals surface area contributed by atoms with Gasteiger partial charge in [0, 0.05) is 50.6 Å². The lowest BCUT2D eigenvalue weighted by molar-refractivity contribution is -0.130. The smallest absolute Gasteiger partial charge is 0.322 e. The van der Waals surface area contributed by atoms with Gasteiger partial charge in [0.25, 0.3) is 0 Å². The molecular weight excluding hydrogens is 468 g/mol. The second-order valence-corrected chi connectivity index (χ2v) is 9.34. The zero-order valence-corrected chi connectivity index (χ0v) is 21.3. The molecule has 192 valence electrons. The number of nitrogens with zero attached hydrogens (tertiary/aromatic N) is 3. The molecule has 0 aliphatic carbocycles. The minimum absolute atomic E-state index is 0.0921. The third kappa shape index (κ3) is 5.48. The molecule has 8 nitrogen and oxygen atoms in total. The van der Waals surface area contributed by atoms with Gasteiger partial charge >= 0.3 is 6.03 Å². The molecule has 0 unspecified atom stereocenters. The molecule has 0 atom stereocenters. The van der Waals surface area contributed by atoms with Crippen molar-refractivity contribution in [1.29, 1.82) is 0 Å². The summed E-state index contributed by atoms with van der Waals surface area (Å²) in [5.74, 6) is 1.39. The molecular formula is C29H32N4O4. The van der Waals surface area contributed by atoms with Crippen LogP contribution in [0, 0.1) is 0 Å². The summed E-state index contributed by atoms with van der Waals surface area (Å²) in [6, 6.07) is 21.6. The van der Waals surface area contributed by atoms with Gasteiger partial charge in [-0.15, -0.1) is 0 Å². The van der Waals surface area contributed by atoms with Crippen LogP contribution in [0.5, 0.6) is 11.5 Å². The number of fused-ring (bicyclic) bond motifs is 1. The van der Waals surface area contributed by atoms with Crippen LogP contribution in [0.2, 0.25) is 0 Å². The van der Waals surface area contributed by atoms with E-state index in [4.69, 9.17) is 9.47 Å². The normalized spacial score (nSPS) is 14.8. The number of anilines is 2. The maximum atomic E-state index is 12.9. The minimum Gasteiger partial charge on any atom is -0.493 e. The predicted octanol–water partition coefficient (Wildman–Crippen LogP) is 4.14. The Labute approximate surface area is 217 Å². The van der Waals surface area contributed by atoms with Crippen LogP contribution in [-0.2, 0) is 24.3 Å². The molecule has 1 fully saturated rings. The van der Waals surface area contributed by atoms with Crippen molar-refractivity contribution in [3.05, 3.63) is 83.4 Å². The molecule has 0 radical (unpaired) electrons. The fraction of sp³-hybridized carbons (Fsp3) is 0.310. The van der Waals surface area contributed by atoms with E-state index >= 15 is 0 Å². The number of nitrogens with one attached hydrogen (secondary N) is 1. The Kier molecular flexibility index (Phi) is 7.16. The number of hydrogen-bond acceptors (Lipinski definition) is 5. The Morgan fingerprint density at radius 2 is 1.43 bits per heavy atom. The number of rotatable bonds is 6. The molecule has 8 heteroatoms. The summed E-state index contributed by atoms with van der Waals surface area (Å²) in [6.07, 6.45) is 0.330. The van der Waals surface area contributed by atoms with Gasteiger partial charge in [0.2, 0.25) is 5.91 Å². The Bertz CT molecular complexity index is 1240. The van der Waals surface area contributed by atoms with Crippen molar-refractivity contribution < 1.29 is 19.1 Å². The lowest BCUT2D eigenvalue weighted by Gasteiger charge is -2.36. The third-order valence-electron chi connectivity index (χ3n) is 7.05. The van der Waals surface area contributed by atoms with Crippen molar-refractivity contribution in [3.63, 3.8) is 0 Å². The maximum Gasteiger partial charge on any atom is 0.322 e. The average Bonchev–Trinajstić information content (AvgIpc) is 3.38. The van der Waals surface area contributed by atoms with Crippen LogP contribution in [0.3, 0.4) is 0 Å². The van der Waals surface area contributed by atoms with Gasteiger partial charge in [-0.1, -0.05) is 30.3 Å². The molecule has 0 bridgehead atoms. The highest BCUT2D eigenvalue weighted by Crippen LogP contribution is 2.28. The standard InChI is InChI=1S/C29H32N4O4/c1-36-26-12-7-21(17-27(26)37-2)18-28(34)32-15-13-31(14-16-32)25-10-8-24(9-11-25)30-29(35)33-19-22-5-3-4-6-23(22)20-33/h3-12,17H,13-16,18-20H2,1-2H3,(H,30,35). The van der Waals surface area contributed by atoms with Gasteiger partial charge in [0.15, 0.2) is 11.5 Å². The Balaban J connectivity index is 1.11. The van der Waals surface area contributed by atoms with Gasteiger partial charge in [-0.05, 0) is 53.1 Å². The fourth-order valence-electron chi connectivity index (χ4n) is 4.93. The van der Waals surface area contributed by atoms with Crippen molar-refractivity contribution in [2.75, 3.05) is 50.6 Å². The van der Waals surface area contributed by atoms with Crippen LogP contribution in [-0.4, -0.2) is 62.1 Å². The SMILES string of the molecule is COc1ccc(CC(=O)N2CCN(c3ccc(NC(=O)N4Cc5ccccc5C4)cc3)CC2)cc1OC. The quantitative estimate of drug-likeness (QED) is 0.551. The molecule has 3 aromatic carbocycles. The van der Waals surface area contributed by atoms with Crippen LogP contribution in [0.4, 0.5) is 16.2 Å². The van der Waals surface area contributed by atoms with Crippen molar-refractivity contribution in [3.8, 4) is 11.5 Å². The number of amides is 3. The van der Waals surface area contributed by atoms with E-state index in [-0.39, 0.29) is 11.9 Å². The van der Waals surface area contributed by atoms with Gasteiger partial charge in [0.1, 0.15) is 0 Å². The van der Waals surface area contributed by atoms with Crippen LogP contribution < -0.4 is 19.7 Å². The maximum absolute atomic E-state index is 12.9. The summed E-state index contributed by atoms with van der Waals surface area (Å²) >= 11 is 0. The monoisotopic (exact) mass is 500 g/mol. The highest BCUT2D eigenvalue weighted by molar-refractivity contribution is 5.90. The van der Waals surface area contributed by atoms with Gasteiger partial charge < -0.3 is 29.5 Å². The second kappa shape index (κ2) is 10.8. The summed E-state index contributed by atoms with van der Waals surface area (Å²) in [6.45, 7) is 4.12. The number of urea groups is 1. The van der Waals surface area contributed by atoms with Crippen LogP contribution >= 0.6 is 0 Å². The number of piperazine rings is 1. The number of benzene rings is 3. The van der Waals surface area contributed by atoms with E-state index in [1.165, 1.54) is 11.1 Å². The largest absolute Gasteiger partial charge is 0.493 e. The average molecular weight is 501 g/mol. The molecule has 5 rings (SSSR count). The third-order valence-corrected chi connectivity index (χ3v) is 7.05. The summed E-state index contributed by atoms with van der Waals surface area (Å²) in [5.41, 5.74) is 5.16. The van der Waals surface area contributed by atoms with Crippen molar-refractivity contribution in [2.45, 2.75) is 19.5 Å². The molecule has 0 aromatic heterocycles.